The normalized spacial score (nSPS) is 22.5. The molecule has 2 unspecified atom stereocenters. The number of hydrogen-bond acceptors (Lipinski definition) is 3. The van der Waals surface area contributed by atoms with Crippen molar-refractivity contribution in [1.82, 2.24) is 9.80 Å². The van der Waals surface area contributed by atoms with Gasteiger partial charge in [0.05, 0.1) is 0 Å². The van der Waals surface area contributed by atoms with Gasteiger partial charge in [-0.05, 0) is 36.1 Å². The minimum absolute atomic E-state index is 0.109. The molecule has 1 aliphatic heterocycles. The second-order valence-corrected chi connectivity index (χ2v) is 7.71. The molecule has 142 valence electrons. The third-order valence-corrected chi connectivity index (χ3v) is 5.86. The Hall–Kier alpha value is -2.04. The fraction of sp³-hybridized carbons (Fsp3) is 0.409. The van der Waals surface area contributed by atoms with E-state index >= 15 is 0 Å². The summed E-state index contributed by atoms with van der Waals surface area (Å²) in [5, 5.41) is 0.779. The maximum atomic E-state index is 12.8. The highest BCUT2D eigenvalue weighted by Gasteiger charge is 2.46. The number of hydrogen-bond donors (Lipinski definition) is 0. The zero-order valence-electron chi connectivity index (χ0n) is 15.4. The maximum absolute atomic E-state index is 12.8. The fourth-order valence-electron chi connectivity index (χ4n) is 3.82. The zero-order valence-corrected chi connectivity index (χ0v) is 16.1. The van der Waals surface area contributed by atoms with Crippen molar-refractivity contribution in [3.05, 3.63) is 65.2 Å². The number of carbonyl (C=O) groups is 1. The van der Waals surface area contributed by atoms with Crippen molar-refractivity contribution >= 4 is 17.5 Å². The van der Waals surface area contributed by atoms with E-state index in [1.54, 1.807) is 0 Å². The smallest absolute Gasteiger partial charge is 0.226 e. The second kappa shape index (κ2) is 8.32. The van der Waals surface area contributed by atoms with Crippen LogP contribution < -0.4 is 4.74 Å². The summed E-state index contributed by atoms with van der Waals surface area (Å²) in [7, 11) is 0. The van der Waals surface area contributed by atoms with Gasteiger partial charge in [-0.25, -0.2) is 0 Å². The number of carbonyl (C=O) groups excluding carboxylic acids is 1. The van der Waals surface area contributed by atoms with Crippen LogP contribution >= 0.6 is 11.6 Å². The number of piperazine rings is 1. The molecule has 5 heteroatoms. The third kappa shape index (κ3) is 4.45. The van der Waals surface area contributed by atoms with Crippen molar-refractivity contribution < 1.29 is 9.53 Å². The van der Waals surface area contributed by atoms with Crippen LogP contribution in [0.4, 0.5) is 0 Å². The molecule has 2 fully saturated rings. The van der Waals surface area contributed by atoms with Crippen LogP contribution in [-0.2, 0) is 4.79 Å². The summed E-state index contributed by atoms with van der Waals surface area (Å²) in [4.78, 5) is 17.2. The molecule has 2 aromatic rings. The Morgan fingerprint density at radius 2 is 1.70 bits per heavy atom. The second-order valence-electron chi connectivity index (χ2n) is 7.30. The molecule has 0 aromatic heterocycles. The average Bonchev–Trinajstić information content (AvgIpc) is 3.50. The van der Waals surface area contributed by atoms with E-state index in [9.17, 15) is 4.79 Å². The molecule has 1 amide bonds. The predicted octanol–water partition coefficient (Wildman–Crippen LogP) is 3.67. The first-order valence-electron chi connectivity index (χ1n) is 9.66. The summed E-state index contributed by atoms with van der Waals surface area (Å²) in [6.07, 6.45) is 0.924. The SMILES string of the molecule is O=C(C1CC1c1ccccc1Cl)N1CCN(CCOc2ccccc2)CC1. The van der Waals surface area contributed by atoms with Crippen LogP contribution in [-0.4, -0.2) is 55.0 Å². The highest BCUT2D eigenvalue weighted by atomic mass is 35.5. The summed E-state index contributed by atoms with van der Waals surface area (Å²) in [6.45, 7) is 4.99. The van der Waals surface area contributed by atoms with Gasteiger partial charge < -0.3 is 9.64 Å². The summed E-state index contributed by atoms with van der Waals surface area (Å²) in [5.74, 6) is 1.60. The molecular formula is C22H25ClN2O2. The lowest BCUT2D eigenvalue weighted by molar-refractivity contribution is -0.134. The molecule has 0 bridgehead atoms. The van der Waals surface area contributed by atoms with E-state index in [1.165, 1.54) is 0 Å². The first-order chi connectivity index (χ1) is 13.2. The number of halogens is 1. The van der Waals surface area contributed by atoms with Crippen LogP contribution in [0.2, 0.25) is 5.02 Å². The van der Waals surface area contributed by atoms with Gasteiger partial charge in [0.25, 0.3) is 0 Å². The van der Waals surface area contributed by atoms with Gasteiger partial charge in [0.2, 0.25) is 5.91 Å². The zero-order chi connectivity index (χ0) is 18.6. The predicted molar refractivity (Wildman–Crippen MR) is 107 cm³/mol. The molecule has 4 nitrogen and oxygen atoms in total. The molecule has 4 rings (SSSR count). The molecule has 2 atom stereocenters. The highest BCUT2D eigenvalue weighted by Crippen LogP contribution is 2.50. The quantitative estimate of drug-likeness (QED) is 0.761. The van der Waals surface area contributed by atoms with Crippen molar-refractivity contribution in [1.29, 1.82) is 0 Å². The lowest BCUT2D eigenvalue weighted by Gasteiger charge is -2.34. The van der Waals surface area contributed by atoms with E-state index in [0.29, 0.717) is 18.4 Å². The monoisotopic (exact) mass is 384 g/mol. The van der Waals surface area contributed by atoms with Gasteiger partial charge in [-0.3, -0.25) is 9.69 Å². The molecular weight excluding hydrogens is 360 g/mol. The largest absolute Gasteiger partial charge is 0.492 e. The maximum Gasteiger partial charge on any atom is 0.226 e. The molecule has 1 saturated heterocycles. The van der Waals surface area contributed by atoms with Crippen LogP contribution in [0.1, 0.15) is 17.9 Å². The Kier molecular flexibility index (Phi) is 5.65. The van der Waals surface area contributed by atoms with Crippen molar-refractivity contribution in [2.24, 2.45) is 5.92 Å². The molecule has 0 spiro atoms. The van der Waals surface area contributed by atoms with E-state index in [2.05, 4.69) is 4.90 Å². The molecule has 1 aliphatic carbocycles. The van der Waals surface area contributed by atoms with Gasteiger partial charge in [0.15, 0.2) is 0 Å². The van der Waals surface area contributed by atoms with E-state index in [4.69, 9.17) is 16.3 Å². The number of nitrogens with zero attached hydrogens (tertiary/aromatic N) is 2. The number of para-hydroxylation sites is 1. The van der Waals surface area contributed by atoms with Gasteiger partial charge in [0, 0.05) is 43.7 Å². The van der Waals surface area contributed by atoms with E-state index in [-0.39, 0.29) is 5.92 Å². The fourth-order valence-corrected chi connectivity index (χ4v) is 4.10. The lowest BCUT2D eigenvalue weighted by Crippen LogP contribution is -2.50. The minimum Gasteiger partial charge on any atom is -0.492 e. The molecule has 1 saturated carbocycles. The highest BCUT2D eigenvalue weighted by molar-refractivity contribution is 6.31. The van der Waals surface area contributed by atoms with Crippen LogP contribution in [0.15, 0.2) is 54.6 Å². The Labute approximate surface area is 165 Å². The number of ether oxygens (including phenoxy) is 1. The Morgan fingerprint density at radius 1 is 1.00 bits per heavy atom. The number of rotatable bonds is 6. The summed E-state index contributed by atoms with van der Waals surface area (Å²) in [6, 6.07) is 17.8. The molecule has 0 radical (unpaired) electrons. The number of benzene rings is 2. The molecule has 27 heavy (non-hydrogen) atoms. The number of amides is 1. The van der Waals surface area contributed by atoms with Crippen molar-refractivity contribution in [3.8, 4) is 5.75 Å². The first kappa shape index (κ1) is 18.3. The van der Waals surface area contributed by atoms with Crippen LogP contribution in [0.5, 0.6) is 5.75 Å². The molecule has 2 aromatic carbocycles. The Bertz CT molecular complexity index is 775. The molecule has 2 aliphatic rings. The summed E-state index contributed by atoms with van der Waals surface area (Å²) in [5.41, 5.74) is 1.12. The van der Waals surface area contributed by atoms with Gasteiger partial charge in [-0.2, -0.15) is 0 Å². The van der Waals surface area contributed by atoms with Gasteiger partial charge in [-0.15, -0.1) is 0 Å². The van der Waals surface area contributed by atoms with Crippen LogP contribution in [0.25, 0.3) is 0 Å². The van der Waals surface area contributed by atoms with Gasteiger partial charge in [0.1, 0.15) is 12.4 Å². The van der Waals surface area contributed by atoms with Crippen molar-refractivity contribution in [2.75, 3.05) is 39.3 Å². The topological polar surface area (TPSA) is 32.8 Å². The Morgan fingerprint density at radius 3 is 2.44 bits per heavy atom. The van der Waals surface area contributed by atoms with E-state index in [0.717, 1.165) is 55.5 Å². The van der Waals surface area contributed by atoms with Gasteiger partial charge in [-0.1, -0.05) is 48.0 Å². The standard InChI is InChI=1S/C22H25ClN2O2/c23-21-9-5-4-8-18(21)19-16-20(19)22(26)25-12-10-24(11-13-25)14-15-27-17-6-2-1-3-7-17/h1-9,19-20H,10-16H2. The van der Waals surface area contributed by atoms with E-state index < -0.39 is 0 Å². The first-order valence-corrected chi connectivity index (χ1v) is 10.0. The molecule has 0 N–H and O–H groups in total. The van der Waals surface area contributed by atoms with Crippen LogP contribution in [0.3, 0.4) is 0 Å². The summed E-state index contributed by atoms with van der Waals surface area (Å²) >= 11 is 6.28. The van der Waals surface area contributed by atoms with E-state index in [1.807, 2.05) is 59.5 Å². The van der Waals surface area contributed by atoms with Gasteiger partial charge >= 0.3 is 0 Å². The van der Waals surface area contributed by atoms with Crippen molar-refractivity contribution in [3.63, 3.8) is 0 Å². The van der Waals surface area contributed by atoms with Crippen LogP contribution in [0, 0.1) is 5.92 Å². The van der Waals surface area contributed by atoms with Crippen molar-refractivity contribution in [2.45, 2.75) is 12.3 Å². The lowest BCUT2D eigenvalue weighted by atomic mass is 10.1. The Balaban J connectivity index is 1.20. The minimum atomic E-state index is 0.109. The average molecular weight is 385 g/mol. The third-order valence-electron chi connectivity index (χ3n) is 5.52. The summed E-state index contributed by atoms with van der Waals surface area (Å²) < 4.78 is 5.77. The molecule has 1 heterocycles.